The van der Waals surface area contributed by atoms with Gasteiger partial charge >= 0.3 is 5.97 Å². The van der Waals surface area contributed by atoms with Crippen LogP contribution in [0.15, 0.2) is 82.6 Å². The number of rotatable bonds is 13. The molecule has 38 heavy (non-hydrogen) atoms. The van der Waals surface area contributed by atoms with Crippen molar-refractivity contribution in [3.05, 3.63) is 94.5 Å². The van der Waals surface area contributed by atoms with Gasteiger partial charge in [-0.2, -0.15) is 0 Å². The van der Waals surface area contributed by atoms with Crippen molar-refractivity contribution in [2.24, 2.45) is 0 Å². The van der Waals surface area contributed by atoms with Crippen molar-refractivity contribution in [1.29, 1.82) is 0 Å². The number of hydrogen-bond donors (Lipinski definition) is 3. The largest absolute Gasteiger partial charge is 0.466 e. The van der Waals surface area contributed by atoms with Crippen molar-refractivity contribution in [1.82, 2.24) is 10.6 Å². The molecule has 0 aliphatic carbocycles. The van der Waals surface area contributed by atoms with Gasteiger partial charge in [-0.15, -0.1) is 0 Å². The van der Waals surface area contributed by atoms with Gasteiger partial charge in [0.15, 0.2) is 0 Å². The molecule has 0 aromatic heterocycles. The quantitative estimate of drug-likeness (QED) is 0.216. The third-order valence-corrected chi connectivity index (χ3v) is 7.72. The van der Waals surface area contributed by atoms with E-state index in [0.717, 1.165) is 11.1 Å². The maximum atomic E-state index is 13.1. The summed E-state index contributed by atoms with van der Waals surface area (Å²) >= 11 is 5.97. The van der Waals surface area contributed by atoms with Crippen LogP contribution >= 0.6 is 11.6 Å². The number of carbonyl (C=O) groups excluding carboxylic acids is 2. The Morgan fingerprint density at radius 2 is 1.71 bits per heavy atom. The number of benzene rings is 3. The Labute approximate surface area is 227 Å². The first-order valence-electron chi connectivity index (χ1n) is 12.2. The molecule has 202 valence electrons. The zero-order valence-electron chi connectivity index (χ0n) is 21.0. The number of ether oxygens (including phenoxy) is 1. The lowest BCUT2D eigenvalue weighted by molar-refractivity contribution is -0.142. The number of carbonyl (C=O) groups is 2. The number of amides is 1. The van der Waals surface area contributed by atoms with Crippen molar-refractivity contribution in [3.63, 3.8) is 0 Å². The second-order valence-electron chi connectivity index (χ2n) is 8.51. The van der Waals surface area contributed by atoms with Gasteiger partial charge in [-0.3, -0.25) is 9.59 Å². The minimum atomic E-state index is -3.84. The number of nitrogens with one attached hydrogen (secondary N) is 2. The summed E-state index contributed by atoms with van der Waals surface area (Å²) in [7, 11) is -3.84. The zero-order chi connectivity index (χ0) is 27.5. The van der Waals surface area contributed by atoms with Crippen molar-refractivity contribution < 1.29 is 27.9 Å². The number of aliphatic hydroxyl groups excluding tert-OH is 1. The van der Waals surface area contributed by atoms with Crippen LogP contribution in [0, 0.1) is 0 Å². The van der Waals surface area contributed by atoms with Gasteiger partial charge in [0.25, 0.3) is 5.91 Å². The molecule has 0 unspecified atom stereocenters. The summed E-state index contributed by atoms with van der Waals surface area (Å²) in [4.78, 5) is 24.0. The molecule has 3 N–H and O–H groups in total. The molecule has 3 rings (SSSR count). The van der Waals surface area contributed by atoms with Crippen molar-refractivity contribution in [2.45, 2.75) is 35.7 Å². The maximum absolute atomic E-state index is 13.1. The molecule has 0 spiro atoms. The molecule has 0 aliphatic heterocycles. The first-order valence-corrected chi connectivity index (χ1v) is 14.1. The predicted octanol–water partition coefficient (Wildman–Crippen LogP) is 3.72. The van der Waals surface area contributed by atoms with E-state index >= 15 is 0 Å². The standard InChI is InChI=1S/C28H31ClN2O6S/c1-2-37-27(33)14-16-31-28(34)22-6-4-8-25(18-22)38(35,36)24-11-9-20(10-12-24)13-15-30-19-26(32)21-5-3-7-23(29)17-21/h3-12,17-18,26,30,32H,2,13-16,19H2,1H3,(H,31,34)/t26-/m1/s1. The first-order chi connectivity index (χ1) is 18.2. The molecule has 3 aromatic carbocycles. The van der Waals surface area contributed by atoms with Gasteiger partial charge in [-0.1, -0.05) is 41.9 Å². The summed E-state index contributed by atoms with van der Waals surface area (Å²) in [6, 6.07) is 19.4. The number of hydrogen-bond acceptors (Lipinski definition) is 7. The summed E-state index contributed by atoms with van der Waals surface area (Å²) in [5.74, 6) is -0.895. The van der Waals surface area contributed by atoms with Crippen LogP contribution in [0.4, 0.5) is 0 Å². The average molecular weight is 559 g/mol. The van der Waals surface area contributed by atoms with E-state index in [0.29, 0.717) is 24.5 Å². The Kier molecular flexibility index (Phi) is 10.8. The van der Waals surface area contributed by atoms with Gasteiger partial charge in [0.2, 0.25) is 9.84 Å². The van der Waals surface area contributed by atoms with Crippen LogP contribution in [0.3, 0.4) is 0 Å². The lowest BCUT2D eigenvalue weighted by Gasteiger charge is -2.13. The predicted molar refractivity (Wildman–Crippen MR) is 145 cm³/mol. The third-order valence-electron chi connectivity index (χ3n) is 5.72. The molecule has 0 heterocycles. The SMILES string of the molecule is CCOC(=O)CCNC(=O)c1cccc(S(=O)(=O)c2ccc(CCNC[C@@H](O)c3cccc(Cl)c3)cc2)c1. The summed E-state index contributed by atoms with van der Waals surface area (Å²) in [6.07, 6.45) is -0.0111. The van der Waals surface area contributed by atoms with Crippen LogP contribution in [0.5, 0.6) is 0 Å². The number of aliphatic hydroxyl groups is 1. The van der Waals surface area contributed by atoms with Gasteiger partial charge in [0, 0.05) is 23.7 Å². The molecule has 0 fully saturated rings. The smallest absolute Gasteiger partial charge is 0.307 e. The van der Waals surface area contributed by atoms with E-state index in [-0.39, 0.29) is 34.9 Å². The second kappa shape index (κ2) is 14.1. The van der Waals surface area contributed by atoms with Crippen LogP contribution in [-0.4, -0.2) is 51.6 Å². The molecule has 0 saturated heterocycles. The van der Waals surface area contributed by atoms with E-state index in [9.17, 15) is 23.1 Å². The number of halogens is 1. The molecular weight excluding hydrogens is 528 g/mol. The fourth-order valence-electron chi connectivity index (χ4n) is 3.69. The van der Waals surface area contributed by atoms with E-state index in [1.807, 2.05) is 6.07 Å². The van der Waals surface area contributed by atoms with Gasteiger partial charge in [0.1, 0.15) is 0 Å². The third kappa shape index (κ3) is 8.39. The molecule has 8 nitrogen and oxygen atoms in total. The Balaban J connectivity index is 1.54. The highest BCUT2D eigenvalue weighted by molar-refractivity contribution is 7.91. The van der Waals surface area contributed by atoms with Crippen LogP contribution in [0.2, 0.25) is 5.02 Å². The maximum Gasteiger partial charge on any atom is 0.307 e. The van der Waals surface area contributed by atoms with E-state index in [1.165, 1.54) is 36.4 Å². The topological polar surface area (TPSA) is 122 Å². The van der Waals surface area contributed by atoms with E-state index in [1.54, 1.807) is 37.3 Å². The fraction of sp³-hybridized carbons (Fsp3) is 0.286. The van der Waals surface area contributed by atoms with E-state index in [4.69, 9.17) is 16.3 Å². The molecule has 0 aliphatic rings. The summed E-state index contributed by atoms with van der Waals surface area (Å²) in [6.45, 7) is 3.01. The lowest BCUT2D eigenvalue weighted by atomic mass is 10.1. The molecule has 0 bridgehead atoms. The summed E-state index contributed by atoms with van der Waals surface area (Å²) in [5, 5.41) is 16.6. The Bertz CT molecular complexity index is 1350. The van der Waals surface area contributed by atoms with Crippen molar-refractivity contribution in [3.8, 4) is 0 Å². The molecular formula is C28H31ClN2O6S. The summed E-state index contributed by atoms with van der Waals surface area (Å²) < 4.78 is 31.1. The van der Waals surface area contributed by atoms with Crippen LogP contribution in [0.1, 0.15) is 40.9 Å². The minimum Gasteiger partial charge on any atom is -0.466 e. The molecule has 10 heteroatoms. The van der Waals surface area contributed by atoms with Gasteiger partial charge in [-0.05, 0) is 73.5 Å². The Morgan fingerprint density at radius 3 is 2.42 bits per heavy atom. The highest BCUT2D eigenvalue weighted by Gasteiger charge is 2.19. The minimum absolute atomic E-state index is 0.0000349. The molecule has 1 atom stereocenters. The second-order valence-corrected chi connectivity index (χ2v) is 10.9. The van der Waals surface area contributed by atoms with Crippen molar-refractivity contribution in [2.75, 3.05) is 26.2 Å². The molecule has 0 saturated carbocycles. The van der Waals surface area contributed by atoms with Crippen LogP contribution in [0.25, 0.3) is 0 Å². The van der Waals surface area contributed by atoms with Gasteiger partial charge in [-0.25, -0.2) is 8.42 Å². The Hall–Kier alpha value is -3.24. The zero-order valence-corrected chi connectivity index (χ0v) is 22.6. The van der Waals surface area contributed by atoms with E-state index in [2.05, 4.69) is 10.6 Å². The molecule has 3 aromatic rings. The van der Waals surface area contributed by atoms with Crippen molar-refractivity contribution >= 4 is 33.3 Å². The number of esters is 1. The van der Waals surface area contributed by atoms with Gasteiger partial charge < -0.3 is 20.5 Å². The fourth-order valence-corrected chi connectivity index (χ4v) is 5.20. The van der Waals surface area contributed by atoms with Crippen LogP contribution in [-0.2, 0) is 25.8 Å². The number of sulfone groups is 1. The monoisotopic (exact) mass is 558 g/mol. The summed E-state index contributed by atoms with van der Waals surface area (Å²) in [5.41, 5.74) is 1.85. The Morgan fingerprint density at radius 1 is 0.974 bits per heavy atom. The highest BCUT2D eigenvalue weighted by atomic mass is 35.5. The molecule has 1 amide bonds. The average Bonchev–Trinajstić information content (AvgIpc) is 2.91. The normalized spacial score (nSPS) is 12.1. The first kappa shape index (κ1) is 29.3. The van der Waals surface area contributed by atoms with E-state index < -0.39 is 27.8 Å². The molecule has 0 radical (unpaired) electrons. The lowest BCUT2D eigenvalue weighted by Crippen LogP contribution is -2.26. The van der Waals surface area contributed by atoms with Crippen LogP contribution < -0.4 is 10.6 Å². The van der Waals surface area contributed by atoms with Gasteiger partial charge in [0.05, 0.1) is 28.9 Å². The highest BCUT2D eigenvalue weighted by Crippen LogP contribution is 2.22.